The van der Waals surface area contributed by atoms with Crippen LogP contribution in [-0.4, -0.2) is 35.5 Å². The zero-order valence-electron chi connectivity index (χ0n) is 11.7. The van der Waals surface area contributed by atoms with Crippen molar-refractivity contribution < 1.29 is 18.0 Å². The minimum atomic E-state index is -4.47. The van der Waals surface area contributed by atoms with Gasteiger partial charge in [-0.15, -0.1) is 0 Å². The van der Waals surface area contributed by atoms with Gasteiger partial charge in [-0.25, -0.2) is 9.97 Å². The third-order valence-electron chi connectivity index (χ3n) is 3.37. The van der Waals surface area contributed by atoms with E-state index in [4.69, 9.17) is 0 Å². The van der Waals surface area contributed by atoms with E-state index in [-0.39, 0.29) is 17.8 Å². The van der Waals surface area contributed by atoms with Crippen LogP contribution in [0.4, 0.5) is 19.1 Å². The number of rotatable bonds is 3. The maximum Gasteiger partial charge on any atom is 0.433 e. The second-order valence-electron chi connectivity index (χ2n) is 5.13. The summed E-state index contributed by atoms with van der Waals surface area (Å²) in [7, 11) is 0. The van der Waals surface area contributed by atoms with Gasteiger partial charge >= 0.3 is 6.18 Å². The third-order valence-corrected chi connectivity index (χ3v) is 3.37. The largest absolute Gasteiger partial charge is 0.433 e. The third kappa shape index (κ3) is 4.30. The number of hydrogen-bond acceptors (Lipinski definition) is 4. The molecule has 0 saturated carbocycles. The Bertz CT molecular complexity index is 506. The SMILES string of the molecule is CC(=O)NCC1CCCN(c2nccc(C(F)(F)F)n2)C1. The van der Waals surface area contributed by atoms with Crippen molar-refractivity contribution in [1.29, 1.82) is 0 Å². The van der Waals surface area contributed by atoms with Crippen molar-refractivity contribution in [3.05, 3.63) is 18.0 Å². The van der Waals surface area contributed by atoms with Crippen molar-refractivity contribution in [2.24, 2.45) is 5.92 Å². The molecule has 21 heavy (non-hydrogen) atoms. The number of nitrogens with one attached hydrogen (secondary N) is 1. The van der Waals surface area contributed by atoms with Gasteiger partial charge in [-0.2, -0.15) is 13.2 Å². The Kier molecular flexibility index (Phi) is 4.64. The van der Waals surface area contributed by atoms with Crippen molar-refractivity contribution in [3.63, 3.8) is 0 Å². The van der Waals surface area contributed by atoms with Crippen LogP contribution in [0.25, 0.3) is 0 Å². The second-order valence-corrected chi connectivity index (χ2v) is 5.13. The molecule has 1 aromatic heterocycles. The van der Waals surface area contributed by atoms with Crippen LogP contribution in [0.3, 0.4) is 0 Å². The predicted octanol–water partition coefficient (Wildman–Crippen LogP) is 1.85. The zero-order valence-corrected chi connectivity index (χ0v) is 11.7. The van der Waals surface area contributed by atoms with E-state index in [1.54, 1.807) is 4.90 Å². The molecule has 1 N–H and O–H groups in total. The fourth-order valence-electron chi connectivity index (χ4n) is 2.36. The van der Waals surface area contributed by atoms with Gasteiger partial charge in [-0.1, -0.05) is 0 Å². The van der Waals surface area contributed by atoms with Crippen LogP contribution in [0.15, 0.2) is 12.3 Å². The lowest BCUT2D eigenvalue weighted by Gasteiger charge is -2.32. The lowest BCUT2D eigenvalue weighted by Crippen LogP contribution is -2.41. The Morgan fingerprint density at radius 2 is 2.29 bits per heavy atom. The van der Waals surface area contributed by atoms with E-state index >= 15 is 0 Å². The van der Waals surface area contributed by atoms with Crippen molar-refractivity contribution in [2.45, 2.75) is 25.9 Å². The van der Waals surface area contributed by atoms with Gasteiger partial charge in [0.15, 0.2) is 0 Å². The normalized spacial score (nSPS) is 19.4. The van der Waals surface area contributed by atoms with E-state index in [0.717, 1.165) is 25.1 Å². The molecule has 116 valence electrons. The Labute approximate surface area is 120 Å². The molecule has 1 amide bonds. The minimum Gasteiger partial charge on any atom is -0.356 e. The molecule has 0 spiro atoms. The van der Waals surface area contributed by atoms with E-state index in [1.165, 1.54) is 6.92 Å². The van der Waals surface area contributed by atoms with Crippen LogP contribution < -0.4 is 10.2 Å². The fraction of sp³-hybridized carbons (Fsp3) is 0.615. The number of nitrogens with zero attached hydrogens (tertiary/aromatic N) is 3. The van der Waals surface area contributed by atoms with Gasteiger partial charge in [-0.05, 0) is 24.8 Å². The summed E-state index contributed by atoms with van der Waals surface area (Å²) in [5, 5.41) is 2.74. The first-order chi connectivity index (χ1) is 9.86. The molecule has 1 saturated heterocycles. The molecule has 0 bridgehead atoms. The second kappa shape index (κ2) is 6.28. The summed E-state index contributed by atoms with van der Waals surface area (Å²) in [4.78, 5) is 20.2. The number of aromatic nitrogens is 2. The first-order valence-corrected chi connectivity index (χ1v) is 6.76. The Morgan fingerprint density at radius 1 is 1.52 bits per heavy atom. The summed E-state index contributed by atoms with van der Waals surface area (Å²) >= 11 is 0. The van der Waals surface area contributed by atoms with Crippen molar-refractivity contribution >= 4 is 11.9 Å². The highest BCUT2D eigenvalue weighted by molar-refractivity contribution is 5.72. The van der Waals surface area contributed by atoms with Crippen LogP contribution in [0.1, 0.15) is 25.5 Å². The Hall–Kier alpha value is -1.86. The molecule has 0 aliphatic carbocycles. The lowest BCUT2D eigenvalue weighted by atomic mass is 9.98. The molecule has 1 aliphatic rings. The van der Waals surface area contributed by atoms with Gasteiger partial charge in [0.05, 0.1) is 0 Å². The Morgan fingerprint density at radius 3 is 2.95 bits per heavy atom. The van der Waals surface area contributed by atoms with Crippen LogP contribution in [0, 0.1) is 5.92 Å². The first-order valence-electron chi connectivity index (χ1n) is 6.76. The predicted molar refractivity (Wildman–Crippen MR) is 70.7 cm³/mol. The standard InChI is InChI=1S/C13H17F3N4O/c1-9(21)18-7-10-3-2-6-20(8-10)12-17-5-4-11(19-12)13(14,15)16/h4-5,10H,2-3,6-8H2,1H3,(H,18,21). The monoisotopic (exact) mass is 302 g/mol. The molecule has 0 radical (unpaired) electrons. The van der Waals surface area contributed by atoms with Crippen LogP contribution in [0.2, 0.25) is 0 Å². The zero-order chi connectivity index (χ0) is 15.5. The van der Waals surface area contributed by atoms with Crippen LogP contribution in [0.5, 0.6) is 0 Å². The summed E-state index contributed by atoms with van der Waals surface area (Å²) in [6, 6.07) is 0.863. The molecule has 2 rings (SSSR count). The van der Waals surface area contributed by atoms with E-state index in [1.807, 2.05) is 0 Å². The number of amides is 1. The van der Waals surface area contributed by atoms with Crippen molar-refractivity contribution in [2.75, 3.05) is 24.5 Å². The molecule has 1 aliphatic heterocycles. The smallest absolute Gasteiger partial charge is 0.356 e. The molecule has 1 fully saturated rings. The van der Waals surface area contributed by atoms with Crippen LogP contribution in [-0.2, 0) is 11.0 Å². The number of halogens is 3. The maximum absolute atomic E-state index is 12.7. The number of alkyl halides is 3. The summed E-state index contributed by atoms with van der Waals surface area (Å²) in [5.74, 6) is 0.181. The van der Waals surface area contributed by atoms with Gasteiger partial charge in [0, 0.05) is 32.8 Å². The summed E-state index contributed by atoms with van der Waals surface area (Å²) in [6.45, 7) is 3.13. The molecule has 8 heteroatoms. The van der Waals surface area contributed by atoms with Gasteiger partial charge in [0.2, 0.25) is 11.9 Å². The molecule has 0 aromatic carbocycles. The van der Waals surface area contributed by atoms with Gasteiger partial charge < -0.3 is 10.2 Å². The topological polar surface area (TPSA) is 58.1 Å². The van der Waals surface area contributed by atoms with E-state index in [2.05, 4.69) is 15.3 Å². The van der Waals surface area contributed by atoms with Crippen LogP contribution >= 0.6 is 0 Å². The summed E-state index contributed by atoms with van der Waals surface area (Å²) in [5.41, 5.74) is -0.934. The molecule has 1 atom stereocenters. The fourth-order valence-corrected chi connectivity index (χ4v) is 2.36. The number of anilines is 1. The average molecular weight is 302 g/mol. The highest BCUT2D eigenvalue weighted by Gasteiger charge is 2.33. The maximum atomic E-state index is 12.7. The molecule has 2 heterocycles. The number of hydrogen-bond donors (Lipinski definition) is 1. The van der Waals surface area contributed by atoms with Crippen molar-refractivity contribution in [1.82, 2.24) is 15.3 Å². The van der Waals surface area contributed by atoms with E-state index in [9.17, 15) is 18.0 Å². The Balaban J connectivity index is 2.05. The highest BCUT2D eigenvalue weighted by Crippen LogP contribution is 2.29. The number of carbonyl (C=O) groups is 1. The quantitative estimate of drug-likeness (QED) is 0.926. The van der Waals surface area contributed by atoms with E-state index < -0.39 is 11.9 Å². The lowest BCUT2D eigenvalue weighted by molar-refractivity contribution is -0.141. The summed E-state index contributed by atoms with van der Waals surface area (Å²) in [6.07, 6.45) is -1.58. The molecular formula is C13H17F3N4O. The van der Waals surface area contributed by atoms with E-state index in [0.29, 0.717) is 19.6 Å². The highest BCUT2D eigenvalue weighted by atomic mass is 19.4. The number of carbonyl (C=O) groups excluding carboxylic acids is 1. The molecular weight excluding hydrogens is 285 g/mol. The molecule has 1 unspecified atom stereocenters. The molecule has 5 nitrogen and oxygen atoms in total. The minimum absolute atomic E-state index is 0.0948. The summed E-state index contributed by atoms with van der Waals surface area (Å²) < 4.78 is 38.0. The molecule has 1 aromatic rings. The average Bonchev–Trinajstić information content (AvgIpc) is 2.45. The van der Waals surface area contributed by atoms with Gasteiger partial charge in [0.1, 0.15) is 5.69 Å². The van der Waals surface area contributed by atoms with Gasteiger partial charge in [-0.3, -0.25) is 4.79 Å². The first kappa shape index (κ1) is 15.5. The number of piperidine rings is 1. The van der Waals surface area contributed by atoms with Gasteiger partial charge in [0.25, 0.3) is 0 Å². The van der Waals surface area contributed by atoms with Crippen molar-refractivity contribution in [3.8, 4) is 0 Å².